The molecule has 0 radical (unpaired) electrons. The predicted octanol–water partition coefficient (Wildman–Crippen LogP) is 1.42. The molecule has 4 nitrogen and oxygen atoms in total. The average Bonchev–Trinajstić information content (AvgIpc) is 2.65. The van der Waals surface area contributed by atoms with E-state index in [2.05, 4.69) is 24.1 Å². The van der Waals surface area contributed by atoms with Crippen molar-refractivity contribution in [1.82, 2.24) is 14.9 Å². The standard InChI is InChI=1S/C11H19N3O/c1-3-14-9-13-8-10(14)15-11(2)4-6-12-7-5-11/h8-9,12H,3-7H2,1-2H3. The molecule has 84 valence electrons. The summed E-state index contributed by atoms with van der Waals surface area (Å²) in [5.41, 5.74) is -0.0296. The largest absolute Gasteiger partial charge is 0.471 e. The first kappa shape index (κ1) is 10.5. The number of piperidine rings is 1. The molecule has 0 amide bonds. The summed E-state index contributed by atoms with van der Waals surface area (Å²) in [6.07, 6.45) is 5.74. The Morgan fingerprint density at radius 3 is 2.93 bits per heavy atom. The van der Waals surface area contributed by atoms with Crippen LogP contribution in [0.3, 0.4) is 0 Å². The molecular weight excluding hydrogens is 190 g/mol. The minimum Gasteiger partial charge on any atom is -0.471 e. The zero-order valence-corrected chi connectivity index (χ0v) is 9.49. The molecule has 0 aliphatic carbocycles. The number of imidazole rings is 1. The molecule has 0 unspecified atom stereocenters. The van der Waals surface area contributed by atoms with Gasteiger partial charge in [0.05, 0.1) is 12.5 Å². The van der Waals surface area contributed by atoms with E-state index in [9.17, 15) is 0 Å². The van der Waals surface area contributed by atoms with Gasteiger partial charge < -0.3 is 14.6 Å². The molecule has 0 aromatic carbocycles. The molecule has 1 aliphatic rings. The highest BCUT2D eigenvalue weighted by atomic mass is 16.5. The third-order valence-corrected chi connectivity index (χ3v) is 3.03. The van der Waals surface area contributed by atoms with Crippen LogP contribution in [0.1, 0.15) is 26.7 Å². The van der Waals surface area contributed by atoms with Gasteiger partial charge >= 0.3 is 0 Å². The summed E-state index contributed by atoms with van der Waals surface area (Å²) in [5.74, 6) is 0.891. The second kappa shape index (κ2) is 4.23. The van der Waals surface area contributed by atoms with Crippen LogP contribution in [0.5, 0.6) is 5.88 Å². The summed E-state index contributed by atoms with van der Waals surface area (Å²) in [6.45, 7) is 7.26. The average molecular weight is 209 g/mol. The number of ether oxygens (including phenoxy) is 1. The summed E-state index contributed by atoms with van der Waals surface area (Å²) < 4.78 is 8.10. The maximum atomic E-state index is 6.07. The van der Waals surface area contributed by atoms with Crippen LogP contribution in [-0.2, 0) is 6.54 Å². The van der Waals surface area contributed by atoms with Gasteiger partial charge in [-0.05, 0) is 39.8 Å². The van der Waals surface area contributed by atoms with Gasteiger partial charge in [-0.2, -0.15) is 0 Å². The lowest BCUT2D eigenvalue weighted by molar-refractivity contribution is 0.0469. The Balaban J connectivity index is 2.06. The Bertz CT molecular complexity index is 315. The van der Waals surface area contributed by atoms with Crippen LogP contribution in [0.2, 0.25) is 0 Å². The van der Waals surface area contributed by atoms with Gasteiger partial charge in [-0.1, -0.05) is 0 Å². The van der Waals surface area contributed by atoms with Crippen molar-refractivity contribution < 1.29 is 4.74 Å². The normalized spacial score (nSPS) is 20.1. The summed E-state index contributed by atoms with van der Waals surface area (Å²) in [5, 5.41) is 3.35. The quantitative estimate of drug-likeness (QED) is 0.818. The first-order chi connectivity index (χ1) is 7.23. The molecular formula is C11H19N3O. The topological polar surface area (TPSA) is 39.1 Å². The fourth-order valence-electron chi connectivity index (χ4n) is 1.94. The second-order valence-electron chi connectivity index (χ2n) is 4.32. The number of hydrogen-bond donors (Lipinski definition) is 1. The van der Waals surface area contributed by atoms with Gasteiger partial charge in [0.15, 0.2) is 0 Å². The predicted molar refractivity (Wildman–Crippen MR) is 59.0 cm³/mol. The molecule has 1 fully saturated rings. The van der Waals surface area contributed by atoms with Crippen molar-refractivity contribution in [2.24, 2.45) is 0 Å². The fourth-order valence-corrected chi connectivity index (χ4v) is 1.94. The number of nitrogens with one attached hydrogen (secondary N) is 1. The molecule has 1 saturated heterocycles. The monoisotopic (exact) mass is 209 g/mol. The van der Waals surface area contributed by atoms with Gasteiger partial charge in [0, 0.05) is 6.54 Å². The van der Waals surface area contributed by atoms with E-state index in [1.165, 1.54) is 0 Å². The van der Waals surface area contributed by atoms with Crippen molar-refractivity contribution in [3.63, 3.8) is 0 Å². The van der Waals surface area contributed by atoms with Gasteiger partial charge in [-0.15, -0.1) is 0 Å². The third kappa shape index (κ3) is 2.31. The Labute approximate surface area is 90.6 Å². The zero-order valence-electron chi connectivity index (χ0n) is 9.49. The van der Waals surface area contributed by atoms with Crippen LogP contribution >= 0.6 is 0 Å². The van der Waals surface area contributed by atoms with Crippen molar-refractivity contribution in [2.45, 2.75) is 38.8 Å². The highest BCUT2D eigenvalue weighted by Gasteiger charge is 2.29. The van der Waals surface area contributed by atoms with Gasteiger partial charge in [0.25, 0.3) is 0 Å². The van der Waals surface area contributed by atoms with Crippen LogP contribution in [0.25, 0.3) is 0 Å². The minimum atomic E-state index is -0.0296. The molecule has 0 saturated carbocycles. The van der Waals surface area contributed by atoms with E-state index in [-0.39, 0.29) is 5.60 Å². The van der Waals surface area contributed by atoms with Crippen LogP contribution in [0, 0.1) is 0 Å². The van der Waals surface area contributed by atoms with Crippen molar-refractivity contribution in [3.05, 3.63) is 12.5 Å². The van der Waals surface area contributed by atoms with Crippen molar-refractivity contribution >= 4 is 0 Å². The molecule has 15 heavy (non-hydrogen) atoms. The van der Waals surface area contributed by atoms with Gasteiger partial charge in [-0.25, -0.2) is 4.98 Å². The zero-order chi connectivity index (χ0) is 10.7. The van der Waals surface area contributed by atoms with E-state index in [1.807, 2.05) is 10.9 Å². The SMILES string of the molecule is CCn1cncc1OC1(C)CCNCC1. The molecule has 2 heterocycles. The number of aryl methyl sites for hydroxylation is 1. The van der Waals surface area contributed by atoms with E-state index in [0.717, 1.165) is 38.4 Å². The van der Waals surface area contributed by atoms with Crippen molar-refractivity contribution in [2.75, 3.05) is 13.1 Å². The van der Waals surface area contributed by atoms with Gasteiger partial charge in [0.2, 0.25) is 5.88 Å². The second-order valence-corrected chi connectivity index (χ2v) is 4.32. The van der Waals surface area contributed by atoms with Crippen molar-refractivity contribution in [3.8, 4) is 5.88 Å². The lowest BCUT2D eigenvalue weighted by atomic mass is 9.95. The maximum absolute atomic E-state index is 6.07. The first-order valence-electron chi connectivity index (χ1n) is 5.63. The minimum absolute atomic E-state index is 0.0296. The molecule has 1 N–H and O–H groups in total. The summed E-state index contributed by atoms with van der Waals surface area (Å²) in [6, 6.07) is 0. The molecule has 1 aliphatic heterocycles. The molecule has 0 spiro atoms. The fraction of sp³-hybridized carbons (Fsp3) is 0.727. The molecule has 0 bridgehead atoms. The molecule has 2 rings (SSSR count). The van der Waals surface area contributed by atoms with E-state index in [0.29, 0.717) is 0 Å². The molecule has 1 aromatic rings. The lowest BCUT2D eigenvalue weighted by Crippen LogP contribution is -2.44. The number of nitrogens with zero attached hydrogens (tertiary/aromatic N) is 2. The Morgan fingerprint density at radius 2 is 2.27 bits per heavy atom. The van der Waals surface area contributed by atoms with Crippen LogP contribution in [-0.4, -0.2) is 28.2 Å². The van der Waals surface area contributed by atoms with E-state index in [4.69, 9.17) is 4.74 Å². The van der Waals surface area contributed by atoms with Crippen LogP contribution < -0.4 is 10.1 Å². The lowest BCUT2D eigenvalue weighted by Gasteiger charge is -2.34. The maximum Gasteiger partial charge on any atom is 0.214 e. The van der Waals surface area contributed by atoms with E-state index in [1.54, 1.807) is 6.20 Å². The third-order valence-electron chi connectivity index (χ3n) is 3.03. The van der Waals surface area contributed by atoms with Crippen LogP contribution in [0.4, 0.5) is 0 Å². The highest BCUT2D eigenvalue weighted by molar-refractivity contribution is 5.08. The molecule has 0 atom stereocenters. The van der Waals surface area contributed by atoms with Gasteiger partial charge in [-0.3, -0.25) is 0 Å². The first-order valence-corrected chi connectivity index (χ1v) is 5.63. The van der Waals surface area contributed by atoms with Crippen LogP contribution in [0.15, 0.2) is 12.5 Å². The van der Waals surface area contributed by atoms with Crippen molar-refractivity contribution in [1.29, 1.82) is 0 Å². The smallest absolute Gasteiger partial charge is 0.214 e. The Kier molecular flexibility index (Phi) is 2.95. The highest BCUT2D eigenvalue weighted by Crippen LogP contribution is 2.25. The van der Waals surface area contributed by atoms with E-state index >= 15 is 0 Å². The summed E-state index contributed by atoms with van der Waals surface area (Å²) >= 11 is 0. The number of hydrogen-bond acceptors (Lipinski definition) is 3. The van der Waals surface area contributed by atoms with E-state index < -0.39 is 0 Å². The molecule has 4 heteroatoms. The molecule has 1 aromatic heterocycles. The Morgan fingerprint density at radius 1 is 1.53 bits per heavy atom. The summed E-state index contributed by atoms with van der Waals surface area (Å²) in [7, 11) is 0. The Hall–Kier alpha value is -1.03. The number of rotatable bonds is 3. The van der Waals surface area contributed by atoms with Gasteiger partial charge in [0.1, 0.15) is 5.60 Å². The summed E-state index contributed by atoms with van der Waals surface area (Å²) in [4.78, 5) is 4.11. The number of aromatic nitrogens is 2.